The molecule has 0 spiro atoms. The van der Waals surface area contributed by atoms with Gasteiger partial charge in [-0.3, -0.25) is 14.4 Å². The number of carbonyl (C=O) groups is 3. The molecule has 2 N–H and O–H groups in total. The molecule has 5 atom stereocenters. The van der Waals surface area contributed by atoms with Gasteiger partial charge in [0.25, 0.3) is 11.8 Å². The summed E-state index contributed by atoms with van der Waals surface area (Å²) in [6, 6.07) is 21.3. The lowest BCUT2D eigenvalue weighted by atomic mass is 9.88. The van der Waals surface area contributed by atoms with Gasteiger partial charge in [0.1, 0.15) is 12.2 Å². The van der Waals surface area contributed by atoms with Crippen molar-refractivity contribution in [3.63, 3.8) is 0 Å². The summed E-state index contributed by atoms with van der Waals surface area (Å²) in [5.41, 5.74) is 3.53. The van der Waals surface area contributed by atoms with Crippen molar-refractivity contribution in [3.05, 3.63) is 113 Å². The third-order valence-electron chi connectivity index (χ3n) is 10.9. The maximum absolute atomic E-state index is 14.1. The third kappa shape index (κ3) is 8.90. The van der Waals surface area contributed by atoms with Crippen LogP contribution in [0.1, 0.15) is 103 Å². The van der Waals surface area contributed by atoms with Gasteiger partial charge >= 0.3 is 0 Å². The molecule has 0 bridgehead atoms. The first-order valence-corrected chi connectivity index (χ1v) is 19.2. The summed E-state index contributed by atoms with van der Waals surface area (Å²) in [6.45, 7) is 1.35. The van der Waals surface area contributed by atoms with E-state index in [0.29, 0.717) is 25.7 Å². The Bertz CT molecular complexity index is 1740. The van der Waals surface area contributed by atoms with Crippen molar-refractivity contribution < 1.29 is 23.9 Å². The Morgan fingerprint density at radius 2 is 1.37 bits per heavy atom. The fourth-order valence-electron chi connectivity index (χ4n) is 8.16. The lowest BCUT2D eigenvalue weighted by molar-refractivity contribution is -0.124. The second-order valence-corrected chi connectivity index (χ2v) is 14.6. The van der Waals surface area contributed by atoms with E-state index in [1.54, 1.807) is 11.0 Å². The highest BCUT2D eigenvalue weighted by molar-refractivity contribution is 5.99. The standard InChI is InChI=1S/C42H51N5O5/c48-40(43-33-20-8-11-23-38(33)51-28-30-14-3-1-4-15-30)27-47-37(26-35(45-47)42(50)46-25-13-19-32-18-7-10-22-36(32)46)41(49)44-34-21-9-12-24-39(34)52-29-31-16-5-2-6-17-31/h1-7,10,14-17,22,26,32-34,38-39H,8-9,11-13,18-21,23-25,27-29H2,(H,43,48)(H,44,49)/t32?,33-,34-,38-,39-/m0/s1. The van der Waals surface area contributed by atoms with Crippen molar-refractivity contribution in [2.75, 3.05) is 6.54 Å². The van der Waals surface area contributed by atoms with Crippen LogP contribution in [0.3, 0.4) is 0 Å². The van der Waals surface area contributed by atoms with Crippen molar-refractivity contribution in [2.24, 2.45) is 5.92 Å². The summed E-state index contributed by atoms with van der Waals surface area (Å²) in [5, 5.41) is 11.1. The molecule has 52 heavy (non-hydrogen) atoms. The molecule has 7 rings (SSSR count). The number of hydrogen-bond acceptors (Lipinski definition) is 6. The Kier molecular flexibility index (Phi) is 11.9. The predicted molar refractivity (Wildman–Crippen MR) is 198 cm³/mol. The minimum atomic E-state index is -0.363. The van der Waals surface area contributed by atoms with Crippen molar-refractivity contribution in [2.45, 2.75) is 115 Å². The van der Waals surface area contributed by atoms with E-state index in [-0.39, 0.29) is 59.9 Å². The minimum absolute atomic E-state index is 0.112. The van der Waals surface area contributed by atoms with E-state index >= 15 is 0 Å². The highest BCUT2D eigenvalue weighted by Crippen LogP contribution is 2.33. The molecule has 1 aromatic heterocycles. The highest BCUT2D eigenvalue weighted by Gasteiger charge is 2.34. The lowest BCUT2D eigenvalue weighted by Gasteiger charge is -2.36. The number of piperidine rings is 1. The van der Waals surface area contributed by atoms with Crippen molar-refractivity contribution in [1.82, 2.24) is 25.3 Å². The van der Waals surface area contributed by atoms with Crippen LogP contribution in [0, 0.1) is 5.92 Å². The maximum atomic E-state index is 14.1. The van der Waals surface area contributed by atoms with Gasteiger partial charge in [-0.2, -0.15) is 5.10 Å². The number of nitrogens with zero attached hydrogens (tertiary/aromatic N) is 3. The zero-order chi connectivity index (χ0) is 35.7. The molecule has 2 aromatic carbocycles. The number of carbonyl (C=O) groups excluding carboxylic acids is 3. The van der Waals surface area contributed by atoms with Gasteiger partial charge in [-0.15, -0.1) is 0 Å². The number of aromatic nitrogens is 2. The second kappa shape index (κ2) is 17.3. The SMILES string of the molecule is O=C(Cn1nc(C(=O)N2CCCC3CC=CC=C32)cc1C(=O)N[C@H]1CCCC[C@@H]1OCc1ccccc1)N[C@H]1CCCC[C@@H]1OCc1ccccc1. The summed E-state index contributed by atoms with van der Waals surface area (Å²) in [5.74, 6) is -0.582. The van der Waals surface area contributed by atoms with Crippen LogP contribution in [-0.4, -0.2) is 63.2 Å². The molecule has 0 radical (unpaired) electrons. The van der Waals surface area contributed by atoms with E-state index in [9.17, 15) is 14.4 Å². The molecule has 3 fully saturated rings. The van der Waals surface area contributed by atoms with Crippen molar-refractivity contribution in [3.8, 4) is 0 Å². The lowest BCUT2D eigenvalue weighted by Crippen LogP contribution is -2.48. The molecule has 3 aliphatic carbocycles. The number of amides is 3. The molecule has 2 saturated carbocycles. The van der Waals surface area contributed by atoms with Gasteiger partial charge in [-0.05, 0) is 62.1 Å². The molecule has 3 aromatic rings. The number of ether oxygens (including phenoxy) is 2. The quantitative estimate of drug-likeness (QED) is 0.223. The number of fused-ring (bicyclic) bond motifs is 1. The summed E-state index contributed by atoms with van der Waals surface area (Å²) < 4.78 is 14.1. The molecule has 2 heterocycles. The smallest absolute Gasteiger partial charge is 0.278 e. The molecule has 1 unspecified atom stereocenters. The van der Waals surface area contributed by atoms with Gasteiger partial charge in [0, 0.05) is 24.2 Å². The number of nitrogens with one attached hydrogen (secondary N) is 2. The Morgan fingerprint density at radius 1 is 0.750 bits per heavy atom. The van der Waals surface area contributed by atoms with Gasteiger partial charge in [-0.25, -0.2) is 4.68 Å². The fraction of sp³-hybridized carbons (Fsp3) is 0.476. The van der Waals surface area contributed by atoms with E-state index in [0.717, 1.165) is 87.5 Å². The summed E-state index contributed by atoms with van der Waals surface area (Å²) in [7, 11) is 0. The number of likely N-dealkylation sites (tertiary alicyclic amines) is 1. The zero-order valence-corrected chi connectivity index (χ0v) is 30.0. The normalized spacial score (nSPS) is 24.4. The molecule has 4 aliphatic rings. The molecule has 10 heteroatoms. The summed E-state index contributed by atoms with van der Waals surface area (Å²) >= 11 is 0. The second-order valence-electron chi connectivity index (χ2n) is 14.6. The number of hydrogen-bond donors (Lipinski definition) is 2. The topological polar surface area (TPSA) is 115 Å². The van der Waals surface area contributed by atoms with Crippen LogP contribution in [0.5, 0.6) is 0 Å². The van der Waals surface area contributed by atoms with Crippen molar-refractivity contribution >= 4 is 17.7 Å². The minimum Gasteiger partial charge on any atom is -0.371 e. The summed E-state index contributed by atoms with van der Waals surface area (Å²) in [6.07, 6.45) is 16.1. The first-order valence-electron chi connectivity index (χ1n) is 19.2. The predicted octanol–water partition coefficient (Wildman–Crippen LogP) is 6.48. The number of rotatable bonds is 12. The van der Waals surface area contributed by atoms with Crippen LogP contribution < -0.4 is 10.6 Å². The third-order valence-corrected chi connectivity index (χ3v) is 10.9. The Balaban J connectivity index is 1.08. The van der Waals surface area contributed by atoms with Gasteiger partial charge in [0.15, 0.2) is 5.69 Å². The van der Waals surface area contributed by atoms with E-state index < -0.39 is 0 Å². The number of allylic oxidation sites excluding steroid dienone is 4. The molecule has 1 aliphatic heterocycles. The first-order chi connectivity index (χ1) is 25.5. The maximum Gasteiger partial charge on any atom is 0.278 e. The van der Waals surface area contributed by atoms with E-state index in [1.165, 1.54) is 4.68 Å². The Labute approximate surface area is 306 Å². The van der Waals surface area contributed by atoms with Gasteiger partial charge in [-0.1, -0.05) is 98.5 Å². The molecular formula is C42H51N5O5. The molecule has 10 nitrogen and oxygen atoms in total. The Morgan fingerprint density at radius 3 is 2.02 bits per heavy atom. The van der Waals surface area contributed by atoms with Crippen LogP contribution >= 0.6 is 0 Å². The summed E-state index contributed by atoms with van der Waals surface area (Å²) in [4.78, 5) is 43.7. The van der Waals surface area contributed by atoms with Crippen LogP contribution in [0.25, 0.3) is 0 Å². The first kappa shape index (κ1) is 35.8. The van der Waals surface area contributed by atoms with Crippen molar-refractivity contribution in [1.29, 1.82) is 0 Å². The Hall–Kier alpha value is -4.54. The van der Waals surface area contributed by atoms with Crippen LogP contribution in [0.4, 0.5) is 0 Å². The average molecular weight is 706 g/mol. The van der Waals surface area contributed by atoms with E-state index in [1.807, 2.05) is 72.8 Å². The van der Waals surface area contributed by atoms with Gasteiger partial charge in [0.05, 0.1) is 37.5 Å². The van der Waals surface area contributed by atoms with Gasteiger partial charge in [0.2, 0.25) is 5.91 Å². The monoisotopic (exact) mass is 705 g/mol. The molecule has 274 valence electrons. The molecule has 1 saturated heterocycles. The van der Waals surface area contributed by atoms with Crippen LogP contribution in [0.15, 0.2) is 90.7 Å². The van der Waals surface area contributed by atoms with Crippen LogP contribution in [-0.2, 0) is 34.0 Å². The molecular weight excluding hydrogens is 654 g/mol. The zero-order valence-electron chi connectivity index (χ0n) is 30.0. The fourth-order valence-corrected chi connectivity index (χ4v) is 8.16. The van der Waals surface area contributed by atoms with E-state index in [4.69, 9.17) is 9.47 Å². The highest BCUT2D eigenvalue weighted by atomic mass is 16.5. The largest absolute Gasteiger partial charge is 0.371 e. The molecule has 3 amide bonds. The number of benzene rings is 2. The van der Waals surface area contributed by atoms with E-state index in [2.05, 4.69) is 21.8 Å². The average Bonchev–Trinajstić information content (AvgIpc) is 3.61. The van der Waals surface area contributed by atoms with Crippen LogP contribution in [0.2, 0.25) is 0 Å². The van der Waals surface area contributed by atoms with Gasteiger partial charge < -0.3 is 25.0 Å².